The van der Waals surface area contributed by atoms with E-state index in [4.69, 9.17) is 0 Å². The second-order valence-electron chi connectivity index (χ2n) is 3.02. The van der Waals surface area contributed by atoms with E-state index in [9.17, 15) is 0 Å². The van der Waals surface area contributed by atoms with Gasteiger partial charge < -0.3 is 5.32 Å². The predicted molar refractivity (Wildman–Crippen MR) is 55.4 cm³/mol. The predicted octanol–water partition coefficient (Wildman–Crippen LogP) is 2.52. The van der Waals surface area contributed by atoms with Gasteiger partial charge in [-0.15, -0.1) is 0 Å². The van der Waals surface area contributed by atoms with Gasteiger partial charge in [-0.1, -0.05) is 19.8 Å². The normalized spacial score (nSPS) is 13.4. The second-order valence-corrected chi connectivity index (χ2v) is 3.93. The zero-order valence-electron chi connectivity index (χ0n) is 8.02. The van der Waals surface area contributed by atoms with Crippen LogP contribution in [0.25, 0.3) is 0 Å². The first-order valence-electron chi connectivity index (χ1n) is 4.53. The molecule has 1 nitrogen and oxygen atoms in total. The molecule has 0 spiro atoms. The maximum Gasteiger partial charge on any atom is 0.0129 e. The molecule has 0 aromatic rings. The Kier molecular flexibility index (Phi) is 8.64. The highest BCUT2D eigenvalue weighted by atomic mass is 32.2. The van der Waals surface area contributed by atoms with Crippen molar-refractivity contribution in [3.8, 4) is 0 Å². The highest BCUT2D eigenvalue weighted by Crippen LogP contribution is 1.97. The van der Waals surface area contributed by atoms with Gasteiger partial charge in [0, 0.05) is 11.8 Å². The van der Waals surface area contributed by atoms with Crippen LogP contribution < -0.4 is 5.32 Å². The van der Waals surface area contributed by atoms with Gasteiger partial charge in [0.05, 0.1) is 0 Å². The summed E-state index contributed by atoms with van der Waals surface area (Å²) in [5, 5.41) is 3.50. The van der Waals surface area contributed by atoms with Crippen LogP contribution in [0.15, 0.2) is 0 Å². The molecule has 0 aliphatic rings. The largest absolute Gasteiger partial charge is 0.313 e. The number of rotatable bonds is 7. The van der Waals surface area contributed by atoms with E-state index < -0.39 is 0 Å². The molecular formula is C9H21NS. The van der Waals surface area contributed by atoms with Gasteiger partial charge in [0.25, 0.3) is 0 Å². The van der Waals surface area contributed by atoms with Crippen molar-refractivity contribution in [2.45, 2.75) is 39.2 Å². The lowest BCUT2D eigenvalue weighted by Gasteiger charge is -2.11. The Morgan fingerprint density at radius 1 is 1.36 bits per heavy atom. The van der Waals surface area contributed by atoms with Crippen molar-refractivity contribution in [2.75, 3.05) is 18.6 Å². The Labute approximate surface area is 75.3 Å². The van der Waals surface area contributed by atoms with Gasteiger partial charge in [-0.2, -0.15) is 11.8 Å². The summed E-state index contributed by atoms with van der Waals surface area (Å²) in [6, 6.07) is 0.682. The average molecular weight is 175 g/mol. The van der Waals surface area contributed by atoms with Crippen LogP contribution in [0, 0.1) is 0 Å². The maximum atomic E-state index is 3.50. The Hall–Kier alpha value is 0.310. The molecule has 2 heteroatoms. The molecule has 0 aliphatic heterocycles. The van der Waals surface area contributed by atoms with Crippen LogP contribution >= 0.6 is 11.8 Å². The number of nitrogens with one attached hydrogen (secondary N) is 1. The third-order valence-corrected chi connectivity index (χ3v) is 2.52. The number of unbranched alkanes of at least 4 members (excludes halogenated alkanes) is 2. The molecule has 0 heterocycles. The molecule has 1 unspecified atom stereocenters. The lowest BCUT2D eigenvalue weighted by molar-refractivity contribution is 0.560. The lowest BCUT2D eigenvalue weighted by atomic mass is 10.2. The van der Waals surface area contributed by atoms with E-state index in [0.717, 1.165) is 0 Å². The van der Waals surface area contributed by atoms with Crippen molar-refractivity contribution < 1.29 is 0 Å². The van der Waals surface area contributed by atoms with E-state index in [1.54, 1.807) is 0 Å². The molecule has 0 bridgehead atoms. The van der Waals surface area contributed by atoms with Crippen molar-refractivity contribution in [3.05, 3.63) is 0 Å². The molecule has 0 aromatic heterocycles. The fraction of sp³-hybridized carbons (Fsp3) is 1.00. The molecule has 0 rings (SSSR count). The zero-order valence-corrected chi connectivity index (χ0v) is 8.84. The Morgan fingerprint density at radius 2 is 2.09 bits per heavy atom. The molecule has 0 aromatic carbocycles. The molecule has 0 saturated heterocycles. The minimum Gasteiger partial charge on any atom is -0.313 e. The topological polar surface area (TPSA) is 12.0 Å². The van der Waals surface area contributed by atoms with Crippen LogP contribution in [0.3, 0.4) is 0 Å². The van der Waals surface area contributed by atoms with Gasteiger partial charge in [-0.3, -0.25) is 0 Å². The fourth-order valence-corrected chi connectivity index (χ4v) is 1.65. The first-order valence-corrected chi connectivity index (χ1v) is 5.93. The van der Waals surface area contributed by atoms with Gasteiger partial charge in [-0.25, -0.2) is 0 Å². The standard InChI is InChI=1S/C9H21NS/c1-4-5-6-7-10-9(2)8-11-3/h9-10H,4-8H2,1-3H3. The molecule has 68 valence electrons. The highest BCUT2D eigenvalue weighted by Gasteiger charge is 1.97. The van der Waals surface area contributed by atoms with Crippen molar-refractivity contribution in [1.29, 1.82) is 0 Å². The summed E-state index contributed by atoms with van der Waals surface area (Å²) < 4.78 is 0. The summed E-state index contributed by atoms with van der Waals surface area (Å²) in [6.45, 7) is 5.68. The van der Waals surface area contributed by atoms with Gasteiger partial charge >= 0.3 is 0 Å². The molecule has 0 aliphatic carbocycles. The minimum absolute atomic E-state index is 0.682. The summed E-state index contributed by atoms with van der Waals surface area (Å²) >= 11 is 1.91. The minimum atomic E-state index is 0.682. The summed E-state index contributed by atoms with van der Waals surface area (Å²) in [5.41, 5.74) is 0. The maximum absolute atomic E-state index is 3.50. The molecule has 0 amide bonds. The van der Waals surface area contributed by atoms with E-state index in [1.165, 1.54) is 31.6 Å². The summed E-state index contributed by atoms with van der Waals surface area (Å²) in [6.07, 6.45) is 6.16. The van der Waals surface area contributed by atoms with Crippen LogP contribution in [0.1, 0.15) is 33.1 Å². The van der Waals surface area contributed by atoms with E-state index in [0.29, 0.717) is 6.04 Å². The molecule has 1 atom stereocenters. The van der Waals surface area contributed by atoms with Crippen molar-refractivity contribution >= 4 is 11.8 Å². The van der Waals surface area contributed by atoms with Crippen molar-refractivity contribution in [1.82, 2.24) is 5.32 Å². The van der Waals surface area contributed by atoms with Crippen LogP contribution in [0.2, 0.25) is 0 Å². The first-order chi connectivity index (χ1) is 5.31. The SMILES string of the molecule is CCCCCNC(C)CSC. The van der Waals surface area contributed by atoms with Gasteiger partial charge in [0.15, 0.2) is 0 Å². The Bertz CT molecular complexity index is 76.0. The lowest BCUT2D eigenvalue weighted by Crippen LogP contribution is -2.28. The molecule has 0 radical (unpaired) electrons. The van der Waals surface area contributed by atoms with Crippen LogP contribution in [-0.2, 0) is 0 Å². The van der Waals surface area contributed by atoms with Crippen LogP contribution in [0.5, 0.6) is 0 Å². The second kappa shape index (κ2) is 8.41. The van der Waals surface area contributed by atoms with Gasteiger partial charge in [-0.05, 0) is 26.1 Å². The van der Waals surface area contributed by atoms with Crippen molar-refractivity contribution in [3.63, 3.8) is 0 Å². The molecule has 0 saturated carbocycles. The molecule has 1 N–H and O–H groups in total. The van der Waals surface area contributed by atoms with Crippen molar-refractivity contribution in [2.24, 2.45) is 0 Å². The van der Waals surface area contributed by atoms with Crippen LogP contribution in [-0.4, -0.2) is 24.6 Å². The third-order valence-electron chi connectivity index (χ3n) is 1.69. The number of hydrogen-bond acceptors (Lipinski definition) is 2. The average Bonchev–Trinajstić information content (AvgIpc) is 1.99. The third kappa shape index (κ3) is 8.21. The monoisotopic (exact) mass is 175 g/mol. The van der Waals surface area contributed by atoms with E-state index in [2.05, 4.69) is 25.4 Å². The first kappa shape index (κ1) is 11.3. The fourth-order valence-electron chi connectivity index (χ4n) is 1.03. The summed E-state index contributed by atoms with van der Waals surface area (Å²) in [5.74, 6) is 1.23. The van der Waals surface area contributed by atoms with Crippen LogP contribution in [0.4, 0.5) is 0 Å². The van der Waals surface area contributed by atoms with E-state index in [-0.39, 0.29) is 0 Å². The molecular weight excluding hydrogens is 154 g/mol. The van der Waals surface area contributed by atoms with E-state index >= 15 is 0 Å². The van der Waals surface area contributed by atoms with Gasteiger partial charge in [0.1, 0.15) is 0 Å². The molecule has 11 heavy (non-hydrogen) atoms. The Balaban J connectivity index is 2.97. The zero-order chi connectivity index (χ0) is 8.53. The van der Waals surface area contributed by atoms with E-state index in [1.807, 2.05) is 11.8 Å². The summed E-state index contributed by atoms with van der Waals surface area (Å²) in [4.78, 5) is 0. The molecule has 0 fully saturated rings. The summed E-state index contributed by atoms with van der Waals surface area (Å²) in [7, 11) is 0. The highest BCUT2D eigenvalue weighted by molar-refractivity contribution is 7.98. The Morgan fingerprint density at radius 3 is 2.64 bits per heavy atom. The number of thioether (sulfide) groups is 1. The smallest absolute Gasteiger partial charge is 0.0129 e. The van der Waals surface area contributed by atoms with Gasteiger partial charge in [0.2, 0.25) is 0 Å². The quantitative estimate of drug-likeness (QED) is 0.597. The number of hydrogen-bond donors (Lipinski definition) is 1.